The highest BCUT2D eigenvalue weighted by atomic mass is 16.6. The number of carbonyl (C=O) groups excluding carboxylic acids is 1. The smallest absolute Gasteiger partial charge is 0.329 e. The summed E-state index contributed by atoms with van der Waals surface area (Å²) in [6.07, 6.45) is 1.11. The maximum atomic E-state index is 9.84. The van der Waals surface area contributed by atoms with Crippen molar-refractivity contribution in [3.8, 4) is 0 Å². The van der Waals surface area contributed by atoms with Gasteiger partial charge in [0.1, 0.15) is 0 Å². The molecule has 2 heteroatoms. The molecule has 0 aliphatic heterocycles. The molecule has 34 valence electrons. The van der Waals surface area contributed by atoms with Crippen LogP contribution in [0.15, 0.2) is 12.7 Å². The zero-order valence-corrected chi connectivity index (χ0v) is 3.60. The third kappa shape index (κ3) is 1.52. The summed E-state index contributed by atoms with van der Waals surface area (Å²) < 4.78 is 4.14. The highest BCUT2D eigenvalue weighted by Crippen LogP contribution is 1.67. The Labute approximate surface area is 36.4 Å². The van der Waals surface area contributed by atoms with Gasteiger partial charge in [0.15, 0.2) is 0 Å². The van der Waals surface area contributed by atoms with Crippen LogP contribution < -0.4 is 0 Å². The van der Waals surface area contributed by atoms with Gasteiger partial charge in [-0.1, -0.05) is 6.58 Å². The Balaban J connectivity index is 3.23. The molecule has 0 aromatic heterocycles. The van der Waals surface area contributed by atoms with Crippen molar-refractivity contribution in [2.24, 2.45) is 0 Å². The summed E-state index contributed by atoms with van der Waals surface area (Å²) in [5.74, 6) is -0.394. The molecule has 0 bridgehead atoms. The Morgan fingerprint density at radius 2 is 2.50 bits per heavy atom. The fraction of sp³-hybridized carbons (Fsp3) is 0.250. The Hall–Kier alpha value is -0.790. The average Bonchev–Trinajstić information content (AvgIpc) is 1.65. The Kier molecular flexibility index (Phi) is 2.13. The van der Waals surface area contributed by atoms with Crippen molar-refractivity contribution in [2.75, 3.05) is 7.11 Å². The minimum Gasteiger partial charge on any atom is -0.466 e. The molecule has 0 aromatic rings. The quantitative estimate of drug-likeness (QED) is 0.263. The van der Waals surface area contributed by atoms with Crippen LogP contribution in [0.4, 0.5) is 0 Å². The largest absolute Gasteiger partial charge is 0.466 e. The minimum atomic E-state index is -0.394. The summed E-state index contributed by atoms with van der Waals surface area (Å²) in [5, 5.41) is 0. The molecule has 0 aliphatic rings. The minimum absolute atomic E-state index is 0.394. The second-order valence-electron chi connectivity index (χ2n) is 0.727. The normalized spacial score (nSPS) is 6.83. The molecule has 6 heavy (non-hydrogen) atoms. The molecule has 0 rings (SSSR count). The number of methoxy groups -OCH3 is 1. The molecule has 0 N–H and O–H groups in total. The van der Waals surface area contributed by atoms with Crippen molar-refractivity contribution in [2.45, 2.75) is 0 Å². The predicted octanol–water partition coefficient (Wildman–Crippen LogP) is 0.345. The monoisotopic (exact) mass is 89.0 g/mol. The fourth-order valence-electron chi connectivity index (χ4n) is 0.0833. The van der Waals surface area contributed by atoms with Crippen LogP contribution in [-0.4, -0.2) is 13.1 Å². The topological polar surface area (TPSA) is 26.3 Å². The lowest BCUT2D eigenvalue weighted by molar-refractivity contribution is -0.134. The van der Waals surface area contributed by atoms with Gasteiger partial charge in [0.25, 0.3) is 0 Å². The molecule has 0 saturated heterocycles. The summed E-state index contributed by atoms with van der Waals surface area (Å²) in [7, 11) is 1.31. The van der Waals surface area contributed by atoms with E-state index in [2.05, 4.69) is 11.3 Å². The maximum absolute atomic E-state index is 9.84. The average molecular weight is 89.1 g/mol. The van der Waals surface area contributed by atoms with Crippen LogP contribution in [0.5, 0.6) is 0 Å². The zero-order chi connectivity index (χ0) is 4.99. The first-order valence-electron chi connectivity index (χ1n) is 1.51. The third-order valence-electron chi connectivity index (χ3n) is 0.368. The molecule has 0 radical (unpaired) electrons. The molecule has 0 unspecified atom stereocenters. The van der Waals surface area contributed by atoms with Crippen molar-refractivity contribution < 1.29 is 9.53 Å². The van der Waals surface area contributed by atoms with Crippen molar-refractivity contribution in [3.63, 3.8) is 0 Å². The summed E-state index contributed by atoms with van der Waals surface area (Å²) in [4.78, 5) is 9.84. The first kappa shape index (κ1) is 5.21. The molecule has 0 heterocycles. The Morgan fingerprint density at radius 1 is 2.00 bits per heavy atom. The first-order chi connectivity index (χ1) is 2.81. The molecule has 0 aliphatic carbocycles. The predicted molar refractivity (Wildman–Crippen MR) is 22.2 cm³/mol. The van der Waals surface area contributed by atoms with E-state index in [4.69, 9.17) is 0 Å². The van der Waals surface area contributed by atoms with Crippen LogP contribution in [0, 0.1) is 0 Å². The van der Waals surface area contributed by atoms with Gasteiger partial charge in [-0.25, -0.2) is 4.79 Å². The van der Waals surface area contributed by atoms with Crippen LogP contribution in [0.3, 0.4) is 0 Å². The van der Waals surface area contributed by atoms with Crippen LogP contribution in [0.1, 0.15) is 0 Å². The molecule has 0 atom stereocenters. The van der Waals surface area contributed by atoms with Crippen LogP contribution in [0.25, 0.3) is 0 Å². The standard InChI is InChI=1S/C4H6O2/c1-3-4(5)6-2/h3H,1H2,2H3/i1+1,3+1,4+1. The van der Waals surface area contributed by atoms with E-state index in [1.165, 1.54) is 7.11 Å². The lowest BCUT2D eigenvalue weighted by atomic mass is 11.6. The van der Waals surface area contributed by atoms with E-state index in [0.29, 0.717) is 0 Å². The number of ether oxygens (including phenoxy) is 1. The number of esters is 1. The SMILES string of the molecule is CO[13C](=O)[13CH]=[13CH2]. The van der Waals surface area contributed by atoms with Crippen molar-refractivity contribution in [1.29, 1.82) is 0 Å². The van der Waals surface area contributed by atoms with E-state index < -0.39 is 5.97 Å². The van der Waals surface area contributed by atoms with Gasteiger partial charge in [-0.05, 0) is 0 Å². The van der Waals surface area contributed by atoms with E-state index >= 15 is 0 Å². The number of hydrogen-bond donors (Lipinski definition) is 0. The van der Waals surface area contributed by atoms with Gasteiger partial charge < -0.3 is 4.74 Å². The molecular weight excluding hydrogens is 83.0 g/mol. The molecule has 0 fully saturated rings. The lowest BCUT2D eigenvalue weighted by Crippen LogP contribution is -1.91. The van der Waals surface area contributed by atoms with Gasteiger partial charge in [0.2, 0.25) is 0 Å². The number of carbonyl (C=O) groups is 1. The van der Waals surface area contributed by atoms with Gasteiger partial charge in [-0.3, -0.25) is 0 Å². The van der Waals surface area contributed by atoms with Gasteiger partial charge in [-0.15, -0.1) is 0 Å². The van der Waals surface area contributed by atoms with E-state index in [-0.39, 0.29) is 0 Å². The summed E-state index contributed by atoms with van der Waals surface area (Å²) in [6.45, 7) is 3.16. The number of hydrogen-bond acceptors (Lipinski definition) is 2. The summed E-state index contributed by atoms with van der Waals surface area (Å²) in [5.41, 5.74) is 0. The second-order valence-corrected chi connectivity index (χ2v) is 0.727. The molecular formula is C4H6O2. The van der Waals surface area contributed by atoms with Crippen LogP contribution in [0.2, 0.25) is 0 Å². The molecule has 0 saturated carbocycles. The van der Waals surface area contributed by atoms with Crippen molar-refractivity contribution >= 4 is 5.97 Å². The van der Waals surface area contributed by atoms with E-state index in [1.807, 2.05) is 0 Å². The van der Waals surface area contributed by atoms with Gasteiger partial charge in [0, 0.05) is 6.08 Å². The Morgan fingerprint density at radius 3 is 2.50 bits per heavy atom. The van der Waals surface area contributed by atoms with Gasteiger partial charge in [0.05, 0.1) is 7.11 Å². The van der Waals surface area contributed by atoms with E-state index in [0.717, 1.165) is 6.08 Å². The summed E-state index contributed by atoms with van der Waals surface area (Å²) >= 11 is 0. The second kappa shape index (κ2) is 2.45. The maximum Gasteiger partial charge on any atom is 0.329 e. The molecule has 0 amide bonds. The highest BCUT2D eigenvalue weighted by molar-refractivity contribution is 5.80. The van der Waals surface area contributed by atoms with Crippen molar-refractivity contribution in [3.05, 3.63) is 12.7 Å². The Bertz CT molecular complexity index is 65.9. The van der Waals surface area contributed by atoms with Crippen LogP contribution in [-0.2, 0) is 9.53 Å². The van der Waals surface area contributed by atoms with Gasteiger partial charge >= 0.3 is 5.97 Å². The molecule has 2 nitrogen and oxygen atoms in total. The zero-order valence-electron chi connectivity index (χ0n) is 3.60. The third-order valence-corrected chi connectivity index (χ3v) is 0.368. The first-order valence-corrected chi connectivity index (χ1v) is 1.51. The fourth-order valence-corrected chi connectivity index (χ4v) is 0.0833. The van der Waals surface area contributed by atoms with E-state index in [1.54, 1.807) is 0 Å². The van der Waals surface area contributed by atoms with Crippen molar-refractivity contribution in [1.82, 2.24) is 0 Å². The van der Waals surface area contributed by atoms with Gasteiger partial charge in [-0.2, -0.15) is 0 Å². The lowest BCUT2D eigenvalue weighted by Gasteiger charge is -1.83. The van der Waals surface area contributed by atoms with E-state index in [9.17, 15) is 4.79 Å². The van der Waals surface area contributed by atoms with Crippen LogP contribution >= 0.6 is 0 Å². The molecule has 0 aromatic carbocycles. The summed E-state index contributed by atoms with van der Waals surface area (Å²) in [6, 6.07) is 0. The molecule has 0 spiro atoms. The number of rotatable bonds is 1. The highest BCUT2D eigenvalue weighted by Gasteiger charge is 1.81.